The molecule has 1 fully saturated rings. The van der Waals surface area contributed by atoms with Gasteiger partial charge in [0.15, 0.2) is 5.82 Å². The van der Waals surface area contributed by atoms with E-state index in [9.17, 15) is 9.18 Å². The van der Waals surface area contributed by atoms with Crippen molar-refractivity contribution in [3.8, 4) is 11.3 Å². The minimum absolute atomic E-state index is 0.0180. The molecule has 0 saturated carbocycles. The van der Waals surface area contributed by atoms with Crippen molar-refractivity contribution in [2.24, 2.45) is 5.92 Å². The Morgan fingerprint density at radius 1 is 1.22 bits per heavy atom. The van der Waals surface area contributed by atoms with Gasteiger partial charge in [0.2, 0.25) is 5.91 Å². The quantitative estimate of drug-likeness (QED) is 0.731. The lowest BCUT2D eigenvalue weighted by Gasteiger charge is -2.30. The fraction of sp³-hybridized carbons (Fsp3) is 0.250. The van der Waals surface area contributed by atoms with Gasteiger partial charge in [0.1, 0.15) is 5.82 Å². The summed E-state index contributed by atoms with van der Waals surface area (Å²) < 4.78 is 13.7. The molecule has 3 heterocycles. The van der Waals surface area contributed by atoms with Gasteiger partial charge in [-0.05, 0) is 49.1 Å². The predicted molar refractivity (Wildman–Crippen MR) is 102 cm³/mol. The van der Waals surface area contributed by atoms with Crippen LogP contribution in [0.25, 0.3) is 11.3 Å². The predicted octanol–water partition coefficient (Wildman–Crippen LogP) is 4.25. The number of hydrogen-bond donors (Lipinski definition) is 1. The van der Waals surface area contributed by atoms with Gasteiger partial charge in [0.25, 0.3) is 0 Å². The zero-order chi connectivity index (χ0) is 18.8. The number of rotatable bonds is 4. The second-order valence-corrected chi connectivity index (χ2v) is 7.06. The molecule has 0 radical (unpaired) electrons. The Labute approximate surface area is 161 Å². The van der Waals surface area contributed by atoms with Crippen molar-refractivity contribution in [3.05, 3.63) is 65.2 Å². The first-order chi connectivity index (χ1) is 13.1. The number of nitrogens with one attached hydrogen (secondary N) is 1. The molecule has 0 bridgehead atoms. The van der Waals surface area contributed by atoms with E-state index in [0.717, 1.165) is 29.7 Å². The number of H-pyrrole nitrogens is 1. The van der Waals surface area contributed by atoms with Gasteiger partial charge in [0.05, 0.1) is 10.7 Å². The number of pyridine rings is 1. The number of aromatic amines is 1. The molecule has 1 saturated heterocycles. The molecule has 7 heteroatoms. The van der Waals surface area contributed by atoms with Gasteiger partial charge in [-0.1, -0.05) is 17.7 Å². The summed E-state index contributed by atoms with van der Waals surface area (Å²) in [5, 5.41) is 7.39. The van der Waals surface area contributed by atoms with Crippen LogP contribution in [0.2, 0.25) is 5.02 Å². The molecule has 3 aromatic rings. The SMILES string of the molecule is O=C1C(Cc2ccc(Cl)c(F)c2)CCCN1c1cc(-c2ccncc2)[nH]n1. The summed E-state index contributed by atoms with van der Waals surface area (Å²) in [6.45, 7) is 0.630. The number of aromatic nitrogens is 3. The Kier molecular flexibility index (Phi) is 4.90. The Hall–Kier alpha value is -2.73. The lowest BCUT2D eigenvalue weighted by Crippen LogP contribution is -2.42. The van der Waals surface area contributed by atoms with Gasteiger partial charge < -0.3 is 0 Å². The smallest absolute Gasteiger partial charge is 0.231 e. The van der Waals surface area contributed by atoms with Crippen LogP contribution in [-0.4, -0.2) is 27.6 Å². The maximum absolute atomic E-state index is 13.7. The van der Waals surface area contributed by atoms with Crippen molar-refractivity contribution < 1.29 is 9.18 Å². The molecule has 27 heavy (non-hydrogen) atoms. The average Bonchev–Trinajstić information content (AvgIpc) is 3.17. The summed E-state index contributed by atoms with van der Waals surface area (Å²) >= 11 is 5.74. The standard InChI is InChI=1S/C20H18ClFN4O/c21-16-4-3-13(11-17(16)22)10-15-2-1-9-26(20(15)27)19-12-18(24-25-19)14-5-7-23-8-6-14/h3-8,11-12,15H,1-2,9-10H2,(H,24,25). The van der Waals surface area contributed by atoms with Crippen LogP contribution in [0.3, 0.4) is 0 Å². The molecule has 0 aliphatic carbocycles. The topological polar surface area (TPSA) is 61.9 Å². The zero-order valence-corrected chi connectivity index (χ0v) is 15.3. The second-order valence-electron chi connectivity index (χ2n) is 6.66. The third-order valence-corrected chi connectivity index (χ3v) is 5.15. The highest BCUT2D eigenvalue weighted by Crippen LogP contribution is 2.29. The molecule has 2 aromatic heterocycles. The first-order valence-electron chi connectivity index (χ1n) is 8.83. The van der Waals surface area contributed by atoms with Crippen molar-refractivity contribution in [1.82, 2.24) is 15.2 Å². The molecule has 1 aromatic carbocycles. The second kappa shape index (κ2) is 7.48. The zero-order valence-electron chi connectivity index (χ0n) is 14.5. The minimum atomic E-state index is -0.455. The molecule has 1 atom stereocenters. The van der Waals surface area contributed by atoms with Crippen molar-refractivity contribution in [1.29, 1.82) is 0 Å². The Balaban J connectivity index is 1.52. The molecular formula is C20H18ClFN4O. The molecule has 1 N–H and O–H groups in total. The summed E-state index contributed by atoms with van der Waals surface area (Å²) in [5.41, 5.74) is 2.57. The van der Waals surface area contributed by atoms with Crippen molar-refractivity contribution >= 4 is 23.3 Å². The lowest BCUT2D eigenvalue weighted by atomic mass is 9.90. The van der Waals surface area contributed by atoms with Crippen molar-refractivity contribution in [2.45, 2.75) is 19.3 Å². The van der Waals surface area contributed by atoms with Gasteiger partial charge >= 0.3 is 0 Å². The molecule has 1 unspecified atom stereocenters. The molecule has 4 rings (SSSR count). The third kappa shape index (κ3) is 3.71. The average molecular weight is 385 g/mol. The van der Waals surface area contributed by atoms with Crippen LogP contribution in [0.1, 0.15) is 18.4 Å². The molecule has 5 nitrogen and oxygen atoms in total. The first-order valence-corrected chi connectivity index (χ1v) is 9.21. The normalized spacial score (nSPS) is 17.3. The maximum Gasteiger partial charge on any atom is 0.231 e. The molecule has 1 amide bonds. The van der Waals surface area contributed by atoms with E-state index in [2.05, 4.69) is 15.2 Å². The Morgan fingerprint density at radius 2 is 2.04 bits per heavy atom. The van der Waals surface area contributed by atoms with Crippen LogP contribution in [0.4, 0.5) is 10.2 Å². The fourth-order valence-corrected chi connectivity index (χ4v) is 3.56. The van der Waals surface area contributed by atoms with E-state index in [1.165, 1.54) is 12.1 Å². The van der Waals surface area contributed by atoms with Crippen LogP contribution in [0.5, 0.6) is 0 Å². The van der Waals surface area contributed by atoms with Crippen molar-refractivity contribution in [3.63, 3.8) is 0 Å². The number of carbonyl (C=O) groups excluding carboxylic acids is 1. The van der Waals surface area contributed by atoms with Gasteiger partial charge in [-0.2, -0.15) is 5.10 Å². The van der Waals surface area contributed by atoms with E-state index in [-0.39, 0.29) is 16.8 Å². The molecule has 1 aliphatic heterocycles. The number of piperidine rings is 1. The highest BCUT2D eigenvalue weighted by atomic mass is 35.5. The summed E-state index contributed by atoms with van der Waals surface area (Å²) in [6, 6.07) is 10.3. The lowest BCUT2D eigenvalue weighted by molar-refractivity contribution is -0.123. The van der Waals surface area contributed by atoms with Gasteiger partial charge in [-0.15, -0.1) is 0 Å². The van der Waals surface area contributed by atoms with Crippen LogP contribution in [-0.2, 0) is 11.2 Å². The largest absolute Gasteiger partial charge is 0.295 e. The van der Waals surface area contributed by atoms with E-state index < -0.39 is 5.82 Å². The fourth-order valence-electron chi connectivity index (χ4n) is 3.45. The maximum atomic E-state index is 13.7. The van der Waals surface area contributed by atoms with Crippen molar-refractivity contribution in [2.75, 3.05) is 11.4 Å². The van der Waals surface area contributed by atoms with E-state index in [4.69, 9.17) is 11.6 Å². The van der Waals surface area contributed by atoms with Gasteiger partial charge in [0, 0.05) is 36.5 Å². The van der Waals surface area contributed by atoms with E-state index in [0.29, 0.717) is 18.8 Å². The van der Waals surface area contributed by atoms with E-state index in [1.54, 1.807) is 23.4 Å². The highest BCUT2D eigenvalue weighted by molar-refractivity contribution is 6.30. The van der Waals surface area contributed by atoms with Crippen LogP contribution >= 0.6 is 11.6 Å². The summed E-state index contributed by atoms with van der Waals surface area (Å²) in [5.74, 6) is -0.0211. The first kappa shape index (κ1) is 17.7. The number of benzene rings is 1. The monoisotopic (exact) mass is 384 g/mol. The third-order valence-electron chi connectivity index (χ3n) is 4.85. The number of hydrogen-bond acceptors (Lipinski definition) is 3. The number of carbonyl (C=O) groups is 1. The number of anilines is 1. The minimum Gasteiger partial charge on any atom is -0.295 e. The molecule has 138 valence electrons. The number of halogens is 2. The number of nitrogens with zero attached hydrogens (tertiary/aromatic N) is 3. The highest BCUT2D eigenvalue weighted by Gasteiger charge is 2.31. The summed E-state index contributed by atoms with van der Waals surface area (Å²) in [6.07, 6.45) is 5.57. The van der Waals surface area contributed by atoms with E-state index in [1.807, 2.05) is 18.2 Å². The molecule has 0 spiro atoms. The number of amides is 1. The summed E-state index contributed by atoms with van der Waals surface area (Å²) in [4.78, 5) is 18.7. The molecular weight excluding hydrogens is 367 g/mol. The van der Waals surface area contributed by atoms with Crippen LogP contribution < -0.4 is 4.90 Å². The summed E-state index contributed by atoms with van der Waals surface area (Å²) in [7, 11) is 0. The van der Waals surface area contributed by atoms with E-state index >= 15 is 0 Å². The van der Waals surface area contributed by atoms with Gasteiger partial charge in [-0.25, -0.2) is 4.39 Å². The van der Waals surface area contributed by atoms with Crippen LogP contribution in [0.15, 0.2) is 48.8 Å². The Bertz CT molecular complexity index is 960. The Morgan fingerprint density at radius 3 is 2.81 bits per heavy atom. The molecule has 1 aliphatic rings. The van der Waals surface area contributed by atoms with Gasteiger partial charge in [-0.3, -0.25) is 19.8 Å². The van der Waals surface area contributed by atoms with Crippen LogP contribution in [0, 0.1) is 11.7 Å².